The number of nitrogens with one attached hydrogen (secondary N) is 2. The van der Waals surface area contributed by atoms with Crippen LogP contribution in [-0.4, -0.2) is 25.1 Å². The van der Waals surface area contributed by atoms with Crippen molar-refractivity contribution in [1.82, 2.24) is 4.98 Å². The van der Waals surface area contributed by atoms with E-state index >= 15 is 0 Å². The molecule has 140 valence electrons. The third-order valence-corrected chi connectivity index (χ3v) is 4.38. The maximum absolute atomic E-state index is 12.4. The number of benzene rings is 2. The molecule has 2 N–H and O–H groups in total. The highest BCUT2D eigenvalue weighted by molar-refractivity contribution is 5.92. The number of hydrogen-bond acceptors (Lipinski definition) is 4. The minimum absolute atomic E-state index is 0.167. The number of anilines is 1. The lowest BCUT2D eigenvalue weighted by atomic mass is 10.1. The molecule has 0 unspecified atom stereocenters. The van der Waals surface area contributed by atoms with E-state index < -0.39 is 0 Å². The normalized spacial score (nSPS) is 10.6. The van der Waals surface area contributed by atoms with Gasteiger partial charge in [-0.1, -0.05) is 12.1 Å². The number of amides is 1. The SMILES string of the molecule is COc1ccc(OC)c(NC(=O)CCc2cc3ccc(C)cc3[nH]c2=O)c1. The Bertz CT molecular complexity index is 1040. The number of pyridine rings is 1. The summed E-state index contributed by atoms with van der Waals surface area (Å²) in [6.45, 7) is 1.98. The van der Waals surface area contributed by atoms with Gasteiger partial charge in [-0.2, -0.15) is 0 Å². The van der Waals surface area contributed by atoms with Gasteiger partial charge in [0.25, 0.3) is 5.56 Å². The van der Waals surface area contributed by atoms with E-state index in [4.69, 9.17) is 9.47 Å². The number of methoxy groups -OCH3 is 2. The highest BCUT2D eigenvalue weighted by Gasteiger charge is 2.11. The van der Waals surface area contributed by atoms with Crippen molar-refractivity contribution in [3.8, 4) is 11.5 Å². The van der Waals surface area contributed by atoms with Gasteiger partial charge in [0.15, 0.2) is 0 Å². The lowest BCUT2D eigenvalue weighted by Crippen LogP contribution is -2.17. The van der Waals surface area contributed by atoms with E-state index in [0.29, 0.717) is 29.2 Å². The third-order valence-electron chi connectivity index (χ3n) is 4.38. The van der Waals surface area contributed by atoms with Crippen LogP contribution in [0.2, 0.25) is 0 Å². The Hall–Kier alpha value is -3.28. The van der Waals surface area contributed by atoms with E-state index in [1.54, 1.807) is 25.3 Å². The van der Waals surface area contributed by atoms with Crippen LogP contribution in [0.15, 0.2) is 47.3 Å². The molecule has 6 nitrogen and oxygen atoms in total. The van der Waals surface area contributed by atoms with Crippen molar-refractivity contribution in [3.63, 3.8) is 0 Å². The lowest BCUT2D eigenvalue weighted by Gasteiger charge is -2.11. The van der Waals surface area contributed by atoms with Crippen LogP contribution in [-0.2, 0) is 11.2 Å². The van der Waals surface area contributed by atoms with E-state index in [1.807, 2.05) is 31.2 Å². The maximum Gasteiger partial charge on any atom is 0.251 e. The third kappa shape index (κ3) is 4.28. The van der Waals surface area contributed by atoms with Crippen LogP contribution in [0, 0.1) is 6.92 Å². The number of carbonyl (C=O) groups excluding carboxylic acids is 1. The van der Waals surface area contributed by atoms with Crippen molar-refractivity contribution in [2.45, 2.75) is 19.8 Å². The molecule has 1 heterocycles. The molecule has 0 fully saturated rings. The number of aromatic amines is 1. The molecule has 27 heavy (non-hydrogen) atoms. The second-order valence-corrected chi connectivity index (χ2v) is 6.33. The minimum Gasteiger partial charge on any atom is -0.497 e. The lowest BCUT2D eigenvalue weighted by molar-refractivity contribution is -0.116. The van der Waals surface area contributed by atoms with Gasteiger partial charge in [0.05, 0.1) is 19.9 Å². The first kappa shape index (κ1) is 18.5. The minimum atomic E-state index is -0.204. The number of aryl methyl sites for hydroxylation is 2. The Morgan fingerprint density at radius 1 is 1.07 bits per heavy atom. The van der Waals surface area contributed by atoms with Gasteiger partial charge in [0.1, 0.15) is 11.5 Å². The molecule has 0 aliphatic carbocycles. The highest BCUT2D eigenvalue weighted by atomic mass is 16.5. The van der Waals surface area contributed by atoms with Crippen LogP contribution in [0.1, 0.15) is 17.5 Å². The average Bonchev–Trinajstić information content (AvgIpc) is 2.66. The van der Waals surface area contributed by atoms with Crippen LogP contribution >= 0.6 is 0 Å². The van der Waals surface area contributed by atoms with Crippen molar-refractivity contribution >= 4 is 22.5 Å². The molecule has 1 aromatic heterocycles. The number of H-pyrrole nitrogens is 1. The molecule has 3 aromatic rings. The van der Waals surface area contributed by atoms with Gasteiger partial charge in [-0.05, 0) is 48.6 Å². The number of aromatic nitrogens is 1. The maximum atomic E-state index is 12.4. The van der Waals surface area contributed by atoms with Crippen LogP contribution in [0.4, 0.5) is 5.69 Å². The van der Waals surface area contributed by atoms with Crippen molar-refractivity contribution in [2.75, 3.05) is 19.5 Å². The van der Waals surface area contributed by atoms with Crippen molar-refractivity contribution in [3.05, 3.63) is 63.9 Å². The molecule has 0 saturated carbocycles. The number of hydrogen-bond donors (Lipinski definition) is 2. The molecule has 0 bridgehead atoms. The zero-order valence-electron chi connectivity index (χ0n) is 15.6. The summed E-state index contributed by atoms with van der Waals surface area (Å²) in [7, 11) is 3.09. The molecule has 0 aliphatic heterocycles. The number of fused-ring (bicyclic) bond motifs is 1. The summed E-state index contributed by atoms with van der Waals surface area (Å²) in [5.74, 6) is 0.959. The van der Waals surface area contributed by atoms with Gasteiger partial charge in [-0.25, -0.2) is 0 Å². The molecule has 0 aliphatic rings. The quantitative estimate of drug-likeness (QED) is 0.700. The fourth-order valence-electron chi connectivity index (χ4n) is 2.92. The van der Waals surface area contributed by atoms with Crippen molar-refractivity contribution in [1.29, 1.82) is 0 Å². The first-order valence-electron chi connectivity index (χ1n) is 8.64. The molecule has 0 atom stereocenters. The zero-order valence-corrected chi connectivity index (χ0v) is 15.6. The monoisotopic (exact) mass is 366 g/mol. The molecule has 6 heteroatoms. The van der Waals surface area contributed by atoms with Gasteiger partial charge < -0.3 is 19.8 Å². The molecule has 0 spiro atoms. The van der Waals surface area contributed by atoms with Gasteiger partial charge in [0.2, 0.25) is 5.91 Å². The summed E-state index contributed by atoms with van der Waals surface area (Å²) in [5.41, 5.74) is 2.83. The van der Waals surface area contributed by atoms with Crippen LogP contribution < -0.4 is 20.3 Å². The summed E-state index contributed by atoms with van der Waals surface area (Å²) >= 11 is 0. The summed E-state index contributed by atoms with van der Waals surface area (Å²) < 4.78 is 10.4. The van der Waals surface area contributed by atoms with E-state index in [1.165, 1.54) is 7.11 Å². The topological polar surface area (TPSA) is 80.4 Å². The number of rotatable bonds is 6. The molecule has 2 aromatic carbocycles. The van der Waals surface area contributed by atoms with E-state index in [0.717, 1.165) is 16.5 Å². The standard InChI is InChI=1S/C21H22N2O4/c1-13-4-5-14-11-15(21(25)23-17(14)10-13)6-9-20(24)22-18-12-16(26-2)7-8-19(18)27-3/h4-5,7-8,10-12H,6,9H2,1-3H3,(H,22,24)(H,23,25). The van der Waals surface area contributed by atoms with E-state index in [-0.39, 0.29) is 17.9 Å². The average molecular weight is 366 g/mol. The Balaban J connectivity index is 1.73. The van der Waals surface area contributed by atoms with Crippen LogP contribution in [0.25, 0.3) is 10.9 Å². The fourth-order valence-corrected chi connectivity index (χ4v) is 2.92. The number of ether oxygens (including phenoxy) is 2. The highest BCUT2D eigenvalue weighted by Crippen LogP contribution is 2.29. The second-order valence-electron chi connectivity index (χ2n) is 6.33. The molecule has 3 rings (SSSR count). The Morgan fingerprint density at radius 3 is 2.63 bits per heavy atom. The smallest absolute Gasteiger partial charge is 0.251 e. The van der Waals surface area contributed by atoms with Crippen molar-refractivity contribution in [2.24, 2.45) is 0 Å². The Morgan fingerprint density at radius 2 is 1.89 bits per heavy atom. The predicted octanol–water partition coefficient (Wildman–Crippen LogP) is 3.43. The zero-order chi connectivity index (χ0) is 19.4. The first-order chi connectivity index (χ1) is 13.0. The molecular weight excluding hydrogens is 344 g/mol. The summed E-state index contributed by atoms with van der Waals surface area (Å²) in [6, 6.07) is 12.9. The fraction of sp³-hybridized carbons (Fsp3) is 0.238. The van der Waals surface area contributed by atoms with E-state index in [9.17, 15) is 9.59 Å². The van der Waals surface area contributed by atoms with Crippen LogP contribution in [0.3, 0.4) is 0 Å². The Labute approximate surface area is 157 Å². The predicted molar refractivity (Wildman–Crippen MR) is 106 cm³/mol. The van der Waals surface area contributed by atoms with Gasteiger partial charge in [-0.15, -0.1) is 0 Å². The Kier molecular flexibility index (Phi) is 5.45. The summed E-state index contributed by atoms with van der Waals surface area (Å²) in [5, 5.41) is 3.76. The second kappa shape index (κ2) is 7.95. The van der Waals surface area contributed by atoms with Gasteiger partial charge in [0, 0.05) is 23.6 Å². The summed E-state index contributed by atoms with van der Waals surface area (Å²) in [6.07, 6.45) is 0.526. The van der Waals surface area contributed by atoms with Gasteiger partial charge in [-0.3, -0.25) is 9.59 Å². The number of carbonyl (C=O) groups is 1. The van der Waals surface area contributed by atoms with Gasteiger partial charge >= 0.3 is 0 Å². The van der Waals surface area contributed by atoms with Crippen LogP contribution in [0.5, 0.6) is 11.5 Å². The molecule has 0 saturated heterocycles. The molecule has 1 amide bonds. The first-order valence-corrected chi connectivity index (χ1v) is 8.64. The van der Waals surface area contributed by atoms with Crippen molar-refractivity contribution < 1.29 is 14.3 Å². The molecule has 0 radical (unpaired) electrons. The molecular formula is C21H22N2O4. The summed E-state index contributed by atoms with van der Waals surface area (Å²) in [4.78, 5) is 27.5. The largest absolute Gasteiger partial charge is 0.497 e. The van der Waals surface area contributed by atoms with E-state index in [2.05, 4.69) is 10.3 Å².